The van der Waals surface area contributed by atoms with Gasteiger partial charge in [0.1, 0.15) is 11.5 Å². The molecule has 1 saturated heterocycles. The summed E-state index contributed by atoms with van der Waals surface area (Å²) in [6.45, 7) is 1.85. The van der Waals surface area contributed by atoms with Crippen molar-refractivity contribution < 1.29 is 9.53 Å². The number of aromatic nitrogens is 4. The van der Waals surface area contributed by atoms with Gasteiger partial charge in [0.05, 0.1) is 18.8 Å². The van der Waals surface area contributed by atoms with Gasteiger partial charge in [-0.15, -0.1) is 0 Å². The van der Waals surface area contributed by atoms with E-state index in [1.165, 1.54) is 0 Å². The van der Waals surface area contributed by atoms with Crippen molar-refractivity contribution >= 4 is 5.91 Å². The number of nitrogens with zero attached hydrogens (tertiary/aromatic N) is 4. The Morgan fingerprint density at radius 3 is 3.14 bits per heavy atom. The van der Waals surface area contributed by atoms with E-state index in [0.717, 1.165) is 31.0 Å². The topological polar surface area (TPSA) is 81.9 Å². The number of hydrogen-bond acceptors (Lipinski definition) is 5. The second-order valence-corrected chi connectivity index (χ2v) is 5.38. The van der Waals surface area contributed by atoms with Gasteiger partial charge >= 0.3 is 0 Å². The number of carbonyl (C=O) groups is 1. The summed E-state index contributed by atoms with van der Waals surface area (Å²) in [7, 11) is 1.78. The predicted molar refractivity (Wildman–Crippen MR) is 79.2 cm³/mol. The smallest absolute Gasteiger partial charge is 0.272 e. The van der Waals surface area contributed by atoms with E-state index in [2.05, 4.69) is 20.4 Å². The van der Waals surface area contributed by atoms with Crippen molar-refractivity contribution in [2.45, 2.75) is 25.3 Å². The highest BCUT2D eigenvalue weighted by Crippen LogP contribution is 2.22. The van der Waals surface area contributed by atoms with Crippen LogP contribution in [-0.4, -0.2) is 38.9 Å². The van der Waals surface area contributed by atoms with Crippen molar-refractivity contribution in [1.82, 2.24) is 25.1 Å². The minimum absolute atomic E-state index is 0.207. The van der Waals surface area contributed by atoms with Gasteiger partial charge in [0, 0.05) is 32.0 Å². The van der Waals surface area contributed by atoms with E-state index in [1.54, 1.807) is 30.2 Å². The molecule has 1 atom stereocenters. The van der Waals surface area contributed by atoms with Crippen LogP contribution in [0.15, 0.2) is 24.5 Å². The lowest BCUT2D eigenvalue weighted by atomic mass is 10.0. The molecule has 116 valence electrons. The molecule has 1 N–H and O–H groups in total. The molecule has 1 amide bonds. The van der Waals surface area contributed by atoms with Crippen molar-refractivity contribution in [3.8, 4) is 0 Å². The third kappa shape index (κ3) is 3.48. The molecule has 0 saturated carbocycles. The Labute approximate surface area is 128 Å². The Balaban J connectivity index is 1.61. The molecule has 22 heavy (non-hydrogen) atoms. The van der Waals surface area contributed by atoms with Crippen LogP contribution in [0.2, 0.25) is 0 Å². The van der Waals surface area contributed by atoms with E-state index in [1.807, 2.05) is 6.07 Å². The molecule has 0 aliphatic carbocycles. The maximum atomic E-state index is 12.0. The third-order valence-electron chi connectivity index (χ3n) is 3.63. The number of amides is 1. The molecule has 2 aromatic rings. The van der Waals surface area contributed by atoms with E-state index in [4.69, 9.17) is 4.74 Å². The van der Waals surface area contributed by atoms with Crippen LogP contribution in [0.1, 0.15) is 40.8 Å². The zero-order valence-corrected chi connectivity index (χ0v) is 12.5. The highest BCUT2D eigenvalue weighted by atomic mass is 16.5. The Bertz CT molecular complexity index is 649. The van der Waals surface area contributed by atoms with Crippen LogP contribution in [0.4, 0.5) is 0 Å². The third-order valence-corrected chi connectivity index (χ3v) is 3.63. The largest absolute Gasteiger partial charge is 0.381 e. The fourth-order valence-corrected chi connectivity index (χ4v) is 2.45. The lowest BCUT2D eigenvalue weighted by Gasteiger charge is -2.20. The summed E-state index contributed by atoms with van der Waals surface area (Å²) in [4.78, 5) is 20.8. The molecule has 7 nitrogen and oxygen atoms in total. The first-order valence-electron chi connectivity index (χ1n) is 7.40. The molecular formula is C15H19N5O2. The van der Waals surface area contributed by atoms with Gasteiger partial charge in [-0.05, 0) is 25.0 Å². The molecule has 1 unspecified atom stereocenters. The van der Waals surface area contributed by atoms with E-state index in [-0.39, 0.29) is 11.8 Å². The first kappa shape index (κ1) is 14.6. The number of carbonyl (C=O) groups excluding carboxylic acids is 1. The minimum Gasteiger partial charge on any atom is -0.381 e. The molecule has 1 aliphatic heterocycles. The maximum absolute atomic E-state index is 12.0. The predicted octanol–water partition coefficient (Wildman–Crippen LogP) is 1.03. The lowest BCUT2D eigenvalue weighted by molar-refractivity contribution is 0.0779. The van der Waals surface area contributed by atoms with Gasteiger partial charge in [-0.1, -0.05) is 0 Å². The SMILES string of the molecule is Cn1ccc(C(=O)NCc2ccnc(C3CCCOC3)n2)n1. The van der Waals surface area contributed by atoms with E-state index in [0.29, 0.717) is 18.8 Å². The number of rotatable bonds is 4. The van der Waals surface area contributed by atoms with Crippen LogP contribution in [0.25, 0.3) is 0 Å². The zero-order valence-electron chi connectivity index (χ0n) is 12.5. The molecule has 3 heterocycles. The van der Waals surface area contributed by atoms with Crippen molar-refractivity contribution in [2.75, 3.05) is 13.2 Å². The van der Waals surface area contributed by atoms with Crippen LogP contribution < -0.4 is 5.32 Å². The Morgan fingerprint density at radius 1 is 1.50 bits per heavy atom. The first-order chi connectivity index (χ1) is 10.7. The van der Waals surface area contributed by atoms with Gasteiger partial charge < -0.3 is 10.1 Å². The van der Waals surface area contributed by atoms with Crippen LogP contribution in [0.5, 0.6) is 0 Å². The summed E-state index contributed by atoms with van der Waals surface area (Å²) in [6, 6.07) is 3.49. The average Bonchev–Trinajstić information content (AvgIpc) is 3.00. The van der Waals surface area contributed by atoms with Gasteiger partial charge in [-0.3, -0.25) is 9.48 Å². The first-order valence-corrected chi connectivity index (χ1v) is 7.40. The second-order valence-electron chi connectivity index (χ2n) is 5.38. The van der Waals surface area contributed by atoms with Gasteiger partial charge in [0.2, 0.25) is 0 Å². The number of nitrogens with one attached hydrogen (secondary N) is 1. The second kappa shape index (κ2) is 6.65. The van der Waals surface area contributed by atoms with Gasteiger partial charge in [0.25, 0.3) is 5.91 Å². The van der Waals surface area contributed by atoms with E-state index in [9.17, 15) is 4.79 Å². The van der Waals surface area contributed by atoms with Crippen LogP contribution in [0.3, 0.4) is 0 Å². The summed E-state index contributed by atoms with van der Waals surface area (Å²) in [6.07, 6.45) is 5.55. The van der Waals surface area contributed by atoms with Crippen molar-refractivity contribution in [2.24, 2.45) is 7.05 Å². The number of hydrogen-bond donors (Lipinski definition) is 1. The number of ether oxygens (including phenoxy) is 1. The highest BCUT2D eigenvalue weighted by molar-refractivity contribution is 5.92. The number of aryl methyl sites for hydroxylation is 1. The molecule has 2 aromatic heterocycles. The molecule has 7 heteroatoms. The fourth-order valence-electron chi connectivity index (χ4n) is 2.45. The molecule has 1 aliphatic rings. The van der Waals surface area contributed by atoms with Crippen molar-refractivity contribution in [3.05, 3.63) is 41.7 Å². The standard InChI is InChI=1S/C15H19N5O2/c1-20-7-5-13(19-20)15(21)17-9-12-4-6-16-14(18-12)11-3-2-8-22-10-11/h4-7,11H,2-3,8-10H2,1H3,(H,17,21). The Morgan fingerprint density at radius 2 is 2.41 bits per heavy atom. The van der Waals surface area contributed by atoms with Gasteiger partial charge in [0.15, 0.2) is 0 Å². The molecule has 0 radical (unpaired) electrons. The quantitative estimate of drug-likeness (QED) is 0.912. The van der Waals surface area contributed by atoms with Crippen LogP contribution >= 0.6 is 0 Å². The molecule has 3 rings (SSSR count). The minimum atomic E-state index is -0.207. The molecule has 0 bridgehead atoms. The van der Waals surface area contributed by atoms with Crippen molar-refractivity contribution in [3.63, 3.8) is 0 Å². The molecule has 1 fully saturated rings. The van der Waals surface area contributed by atoms with Crippen molar-refractivity contribution in [1.29, 1.82) is 0 Å². The van der Waals surface area contributed by atoms with Gasteiger partial charge in [-0.2, -0.15) is 5.10 Å². The van der Waals surface area contributed by atoms with Crippen LogP contribution in [-0.2, 0) is 18.3 Å². The monoisotopic (exact) mass is 301 g/mol. The average molecular weight is 301 g/mol. The summed E-state index contributed by atoms with van der Waals surface area (Å²) in [5.74, 6) is 0.839. The summed E-state index contributed by atoms with van der Waals surface area (Å²) in [5.41, 5.74) is 1.19. The summed E-state index contributed by atoms with van der Waals surface area (Å²) in [5, 5.41) is 6.89. The summed E-state index contributed by atoms with van der Waals surface area (Å²) >= 11 is 0. The molecular weight excluding hydrogens is 282 g/mol. The zero-order chi connectivity index (χ0) is 15.4. The fraction of sp³-hybridized carbons (Fsp3) is 0.467. The Hall–Kier alpha value is -2.28. The van der Waals surface area contributed by atoms with Crippen LogP contribution in [0, 0.1) is 0 Å². The highest BCUT2D eigenvalue weighted by Gasteiger charge is 2.19. The van der Waals surface area contributed by atoms with E-state index >= 15 is 0 Å². The molecule has 0 aromatic carbocycles. The summed E-state index contributed by atoms with van der Waals surface area (Å²) < 4.78 is 7.07. The maximum Gasteiger partial charge on any atom is 0.272 e. The Kier molecular flexibility index (Phi) is 4.43. The lowest BCUT2D eigenvalue weighted by Crippen LogP contribution is -2.25. The van der Waals surface area contributed by atoms with E-state index < -0.39 is 0 Å². The normalized spacial score (nSPS) is 18.1. The van der Waals surface area contributed by atoms with Gasteiger partial charge in [-0.25, -0.2) is 9.97 Å². The molecule has 0 spiro atoms.